The summed E-state index contributed by atoms with van der Waals surface area (Å²) >= 11 is 1.08. The zero-order valence-electron chi connectivity index (χ0n) is 21.2. The molecule has 0 aliphatic carbocycles. The summed E-state index contributed by atoms with van der Waals surface area (Å²) in [6.45, 7) is 11.4. The van der Waals surface area contributed by atoms with Gasteiger partial charge in [0, 0.05) is 24.9 Å². The first-order valence-electron chi connectivity index (χ1n) is 11.3. The monoisotopic (exact) mass is 484 g/mol. The molecule has 0 aliphatic heterocycles. The maximum absolute atomic E-state index is 13.6. The topological polar surface area (TPSA) is 123 Å². The van der Waals surface area contributed by atoms with Crippen LogP contribution in [0.1, 0.15) is 76.0 Å². The number of aliphatic hydroxyl groups is 1. The number of aromatic nitrogens is 1. The summed E-state index contributed by atoms with van der Waals surface area (Å²) < 4.78 is 0. The first-order chi connectivity index (χ1) is 15.1. The van der Waals surface area contributed by atoms with Crippen LogP contribution in [0.25, 0.3) is 0 Å². The lowest BCUT2D eigenvalue weighted by Gasteiger charge is -2.38. The third-order valence-electron chi connectivity index (χ3n) is 6.54. The number of amides is 2. The smallest absolute Gasteiger partial charge is 0.355 e. The van der Waals surface area contributed by atoms with Crippen LogP contribution in [-0.4, -0.2) is 81.5 Å². The summed E-state index contributed by atoms with van der Waals surface area (Å²) in [6, 6.07) is -1.04. The Kier molecular flexibility index (Phi) is 10.5. The molecule has 33 heavy (non-hydrogen) atoms. The van der Waals surface area contributed by atoms with Crippen molar-refractivity contribution in [2.24, 2.45) is 11.8 Å². The molecular formula is C23H40N4O5S. The van der Waals surface area contributed by atoms with Crippen LogP contribution in [0, 0.1) is 11.8 Å². The quantitative estimate of drug-likeness (QED) is 0.417. The van der Waals surface area contributed by atoms with Crippen LogP contribution in [0.3, 0.4) is 0 Å². The number of hydrogen-bond donors (Lipinski definition) is 3. The fraction of sp³-hybridized carbons (Fsp3) is 0.739. The van der Waals surface area contributed by atoms with Gasteiger partial charge in [-0.25, -0.2) is 9.78 Å². The zero-order chi connectivity index (χ0) is 25.7. The van der Waals surface area contributed by atoms with E-state index in [-0.39, 0.29) is 41.8 Å². The maximum Gasteiger partial charge on any atom is 0.355 e. The van der Waals surface area contributed by atoms with Crippen LogP contribution < -0.4 is 5.32 Å². The number of nitrogens with zero attached hydrogens (tertiary/aromatic N) is 3. The lowest BCUT2D eigenvalue weighted by atomic mass is 9.92. The van der Waals surface area contributed by atoms with Gasteiger partial charge < -0.3 is 20.4 Å². The molecule has 0 aliphatic rings. The van der Waals surface area contributed by atoms with Crippen LogP contribution in [0.2, 0.25) is 0 Å². The predicted octanol–water partition coefficient (Wildman–Crippen LogP) is 2.62. The highest BCUT2D eigenvalue weighted by Gasteiger charge is 2.38. The molecule has 0 bridgehead atoms. The van der Waals surface area contributed by atoms with E-state index in [0.29, 0.717) is 11.4 Å². The van der Waals surface area contributed by atoms with E-state index in [1.165, 1.54) is 5.38 Å². The van der Waals surface area contributed by atoms with Crippen molar-refractivity contribution in [2.45, 2.75) is 78.1 Å². The minimum atomic E-state index is -1.15. The molecule has 0 spiro atoms. The number of aromatic carboxylic acids is 1. The normalized spacial score (nSPS) is 15.8. The number of aliphatic hydroxyl groups excluding tert-OH is 1. The van der Waals surface area contributed by atoms with Gasteiger partial charge in [0.05, 0.1) is 5.54 Å². The van der Waals surface area contributed by atoms with Gasteiger partial charge in [-0.3, -0.25) is 14.5 Å². The third kappa shape index (κ3) is 7.22. The third-order valence-corrected chi connectivity index (χ3v) is 7.49. The van der Waals surface area contributed by atoms with Gasteiger partial charge in [0.25, 0.3) is 0 Å². The summed E-state index contributed by atoms with van der Waals surface area (Å²) in [7, 11) is 5.32. The van der Waals surface area contributed by atoms with Crippen molar-refractivity contribution in [1.29, 1.82) is 0 Å². The molecule has 1 rings (SSSR count). The Hall–Kier alpha value is -2.04. The SMILES string of the molecule is CCC(C)C(NC(=O)C(C)(C)N(C)C)C(=O)N(C)C(CC(O)c1nc(C(=O)O)cs1)C(C)C. The van der Waals surface area contributed by atoms with Gasteiger partial charge in [0.1, 0.15) is 17.2 Å². The molecule has 10 heteroatoms. The molecule has 0 aromatic carbocycles. The van der Waals surface area contributed by atoms with Gasteiger partial charge in [-0.05, 0) is 39.8 Å². The van der Waals surface area contributed by atoms with Crippen molar-refractivity contribution >= 4 is 29.1 Å². The second-order valence-electron chi connectivity index (χ2n) is 9.68. The number of rotatable bonds is 12. The van der Waals surface area contributed by atoms with Gasteiger partial charge in [-0.2, -0.15) is 0 Å². The van der Waals surface area contributed by atoms with Crippen molar-refractivity contribution in [3.8, 4) is 0 Å². The molecule has 9 nitrogen and oxygen atoms in total. The van der Waals surface area contributed by atoms with Gasteiger partial charge >= 0.3 is 5.97 Å². The molecule has 2 amide bonds. The van der Waals surface area contributed by atoms with Crippen LogP contribution in [-0.2, 0) is 9.59 Å². The predicted molar refractivity (Wildman–Crippen MR) is 129 cm³/mol. The van der Waals surface area contributed by atoms with E-state index in [1.54, 1.807) is 30.7 Å². The van der Waals surface area contributed by atoms with Gasteiger partial charge in [-0.1, -0.05) is 34.1 Å². The molecule has 3 N–H and O–H groups in total. The van der Waals surface area contributed by atoms with E-state index in [1.807, 2.05) is 41.8 Å². The minimum Gasteiger partial charge on any atom is -0.476 e. The van der Waals surface area contributed by atoms with Crippen molar-refractivity contribution in [3.05, 3.63) is 16.1 Å². The molecule has 0 saturated carbocycles. The number of carboxylic acid groups (broad SMARTS) is 1. The molecule has 1 aromatic heterocycles. The molecule has 0 saturated heterocycles. The molecule has 1 heterocycles. The first kappa shape index (κ1) is 29.0. The van der Waals surface area contributed by atoms with Crippen LogP contribution in [0.15, 0.2) is 5.38 Å². The lowest BCUT2D eigenvalue weighted by Crippen LogP contribution is -2.60. The van der Waals surface area contributed by atoms with E-state index in [0.717, 1.165) is 11.3 Å². The van der Waals surface area contributed by atoms with E-state index in [9.17, 15) is 19.5 Å². The van der Waals surface area contributed by atoms with E-state index in [2.05, 4.69) is 10.3 Å². The number of thiazole rings is 1. The van der Waals surface area contributed by atoms with E-state index >= 15 is 0 Å². The number of likely N-dealkylation sites (N-methyl/N-ethyl adjacent to an activating group) is 2. The minimum absolute atomic E-state index is 0.0130. The van der Waals surface area contributed by atoms with Gasteiger partial charge in [-0.15, -0.1) is 11.3 Å². The first-order valence-corrected chi connectivity index (χ1v) is 12.1. The van der Waals surface area contributed by atoms with Crippen LogP contribution in [0.4, 0.5) is 0 Å². The molecule has 4 atom stereocenters. The van der Waals surface area contributed by atoms with Crippen molar-refractivity contribution in [2.75, 3.05) is 21.1 Å². The molecule has 188 valence electrons. The summed E-state index contributed by atoms with van der Waals surface area (Å²) in [6.07, 6.45) is -0.0921. The highest BCUT2D eigenvalue weighted by Crippen LogP contribution is 2.28. The summed E-state index contributed by atoms with van der Waals surface area (Å²) in [4.78, 5) is 45.0. The number of carbonyl (C=O) groups excluding carboxylic acids is 2. The Bertz CT molecular complexity index is 824. The molecule has 4 unspecified atom stereocenters. The summed E-state index contributed by atoms with van der Waals surface area (Å²) in [5, 5.41) is 24.4. The Morgan fingerprint density at radius 3 is 2.18 bits per heavy atom. The van der Waals surface area contributed by atoms with E-state index < -0.39 is 23.7 Å². The van der Waals surface area contributed by atoms with Crippen LogP contribution >= 0.6 is 11.3 Å². The number of nitrogens with one attached hydrogen (secondary N) is 1. The molecular weight excluding hydrogens is 444 g/mol. The van der Waals surface area contributed by atoms with Gasteiger partial charge in [0.2, 0.25) is 11.8 Å². The summed E-state index contributed by atoms with van der Waals surface area (Å²) in [5.41, 5.74) is -0.895. The molecule has 0 fully saturated rings. The highest BCUT2D eigenvalue weighted by molar-refractivity contribution is 7.09. The standard InChI is InChI=1S/C23H40N4O5S/c1-10-14(4)18(25-22(32)23(5,6)26(7)8)20(29)27(9)16(13(2)3)11-17(28)19-24-15(12-33-19)21(30)31/h12-14,16-18,28H,10-11H2,1-9H3,(H,25,32)(H,30,31). The second-order valence-corrected chi connectivity index (χ2v) is 10.6. The number of carboxylic acids is 1. The van der Waals surface area contributed by atoms with Crippen molar-refractivity contribution < 1.29 is 24.6 Å². The number of hydrogen-bond acceptors (Lipinski definition) is 7. The average Bonchev–Trinajstić information content (AvgIpc) is 3.24. The van der Waals surface area contributed by atoms with Crippen LogP contribution in [0.5, 0.6) is 0 Å². The fourth-order valence-electron chi connectivity index (χ4n) is 3.33. The Balaban J connectivity index is 3.10. The average molecular weight is 485 g/mol. The summed E-state index contributed by atoms with van der Waals surface area (Å²) in [5.74, 6) is -1.67. The Labute approximate surface area is 201 Å². The van der Waals surface area contributed by atoms with E-state index in [4.69, 9.17) is 5.11 Å². The highest BCUT2D eigenvalue weighted by atomic mass is 32.1. The van der Waals surface area contributed by atoms with Gasteiger partial charge in [0.15, 0.2) is 5.69 Å². The molecule has 1 aromatic rings. The zero-order valence-corrected chi connectivity index (χ0v) is 22.1. The Morgan fingerprint density at radius 2 is 1.76 bits per heavy atom. The Morgan fingerprint density at radius 1 is 1.18 bits per heavy atom. The van der Waals surface area contributed by atoms with Crippen molar-refractivity contribution in [3.63, 3.8) is 0 Å². The van der Waals surface area contributed by atoms with Crippen molar-refractivity contribution in [1.82, 2.24) is 20.1 Å². The maximum atomic E-state index is 13.6. The lowest BCUT2D eigenvalue weighted by molar-refractivity contribution is -0.142. The number of carbonyl (C=O) groups is 3. The second kappa shape index (κ2) is 11.9. The fourth-order valence-corrected chi connectivity index (χ4v) is 4.12. The largest absolute Gasteiger partial charge is 0.476 e. The molecule has 0 radical (unpaired) electrons.